The minimum atomic E-state index is -3.52. The maximum absolute atomic E-state index is 13.3. The Hall–Kier alpha value is -1.92. The van der Waals surface area contributed by atoms with Gasteiger partial charge < -0.3 is 5.32 Å². The van der Waals surface area contributed by atoms with E-state index in [1.54, 1.807) is 22.6 Å². The number of benzene rings is 1. The van der Waals surface area contributed by atoms with Gasteiger partial charge in [0.15, 0.2) is 0 Å². The first-order valence-corrected chi connectivity index (χ1v) is 11.8. The first-order chi connectivity index (χ1) is 13.6. The molecule has 0 spiro atoms. The van der Waals surface area contributed by atoms with Crippen molar-refractivity contribution in [2.24, 2.45) is 0 Å². The van der Waals surface area contributed by atoms with Gasteiger partial charge in [-0.15, -0.1) is 0 Å². The molecule has 2 fully saturated rings. The van der Waals surface area contributed by atoms with E-state index < -0.39 is 10.0 Å². The Morgan fingerprint density at radius 2 is 1.75 bits per heavy atom. The van der Waals surface area contributed by atoms with Crippen LogP contribution in [-0.4, -0.2) is 30.3 Å². The highest BCUT2D eigenvalue weighted by Gasteiger charge is 2.37. The van der Waals surface area contributed by atoms with Gasteiger partial charge in [-0.1, -0.05) is 43.0 Å². The first kappa shape index (κ1) is 19.4. The molecule has 5 nitrogen and oxygen atoms in total. The third-order valence-electron chi connectivity index (χ3n) is 5.98. The van der Waals surface area contributed by atoms with Crippen molar-refractivity contribution in [3.63, 3.8) is 0 Å². The molecule has 0 radical (unpaired) electrons. The number of rotatable bonds is 5. The maximum Gasteiger partial charge on any atom is 0.243 e. The van der Waals surface area contributed by atoms with Crippen molar-refractivity contribution >= 4 is 15.8 Å². The van der Waals surface area contributed by atoms with Crippen molar-refractivity contribution in [1.29, 1.82) is 0 Å². The number of aromatic nitrogens is 1. The summed E-state index contributed by atoms with van der Waals surface area (Å²) < 4.78 is 28.3. The SMILES string of the molecule is Cc1ccc(S(=O)(=O)N2CCC[C@@H]2c2cccnc2NC2CCCCC2)cc1. The Morgan fingerprint density at radius 3 is 2.50 bits per heavy atom. The number of anilines is 1. The van der Waals surface area contributed by atoms with E-state index in [4.69, 9.17) is 0 Å². The summed E-state index contributed by atoms with van der Waals surface area (Å²) >= 11 is 0. The van der Waals surface area contributed by atoms with E-state index in [0.717, 1.165) is 42.6 Å². The van der Waals surface area contributed by atoms with Crippen molar-refractivity contribution in [3.05, 3.63) is 53.7 Å². The third kappa shape index (κ3) is 3.94. The molecular weight excluding hydrogens is 370 g/mol. The van der Waals surface area contributed by atoms with Gasteiger partial charge >= 0.3 is 0 Å². The van der Waals surface area contributed by atoms with Crippen LogP contribution in [0.2, 0.25) is 0 Å². The Labute approximate surface area is 168 Å². The largest absolute Gasteiger partial charge is 0.367 e. The zero-order chi connectivity index (χ0) is 19.6. The van der Waals surface area contributed by atoms with Gasteiger partial charge in [-0.25, -0.2) is 13.4 Å². The van der Waals surface area contributed by atoms with Gasteiger partial charge in [-0.05, 0) is 50.8 Å². The first-order valence-electron chi connectivity index (χ1n) is 10.4. The molecule has 2 aromatic rings. The zero-order valence-corrected chi connectivity index (χ0v) is 17.3. The molecule has 1 saturated carbocycles. The van der Waals surface area contributed by atoms with E-state index >= 15 is 0 Å². The van der Waals surface area contributed by atoms with Crippen LogP contribution in [0.5, 0.6) is 0 Å². The van der Waals surface area contributed by atoms with E-state index in [1.807, 2.05) is 31.2 Å². The van der Waals surface area contributed by atoms with Crippen molar-refractivity contribution in [3.8, 4) is 0 Å². The lowest BCUT2D eigenvalue weighted by atomic mass is 9.95. The van der Waals surface area contributed by atoms with Gasteiger partial charge in [0.2, 0.25) is 10.0 Å². The summed E-state index contributed by atoms with van der Waals surface area (Å²) in [5, 5.41) is 3.61. The molecule has 6 heteroatoms. The van der Waals surface area contributed by atoms with Crippen LogP contribution < -0.4 is 5.32 Å². The van der Waals surface area contributed by atoms with E-state index in [2.05, 4.69) is 10.3 Å². The van der Waals surface area contributed by atoms with Crippen LogP contribution in [0.4, 0.5) is 5.82 Å². The fraction of sp³-hybridized carbons (Fsp3) is 0.500. The molecule has 1 aliphatic carbocycles. The second-order valence-electron chi connectivity index (χ2n) is 8.01. The lowest BCUT2D eigenvalue weighted by molar-refractivity contribution is 0.396. The molecule has 1 aromatic carbocycles. The molecule has 150 valence electrons. The quantitative estimate of drug-likeness (QED) is 0.794. The topological polar surface area (TPSA) is 62.3 Å². The van der Waals surface area contributed by atoms with Gasteiger partial charge in [0.25, 0.3) is 0 Å². The molecule has 0 unspecified atom stereocenters. The summed E-state index contributed by atoms with van der Waals surface area (Å²) in [5.41, 5.74) is 2.06. The van der Waals surface area contributed by atoms with Crippen LogP contribution in [0.25, 0.3) is 0 Å². The minimum Gasteiger partial charge on any atom is -0.367 e. The third-order valence-corrected chi connectivity index (χ3v) is 7.90. The van der Waals surface area contributed by atoms with Crippen molar-refractivity contribution in [2.75, 3.05) is 11.9 Å². The average molecular weight is 400 g/mol. The monoisotopic (exact) mass is 399 g/mol. The Balaban J connectivity index is 1.62. The number of nitrogens with zero attached hydrogens (tertiary/aromatic N) is 2. The summed E-state index contributed by atoms with van der Waals surface area (Å²) in [6.07, 6.45) is 9.61. The molecular formula is C22H29N3O2S. The summed E-state index contributed by atoms with van der Waals surface area (Å²) in [5.74, 6) is 0.852. The van der Waals surface area contributed by atoms with Gasteiger partial charge in [0.05, 0.1) is 10.9 Å². The summed E-state index contributed by atoms with van der Waals surface area (Å²) in [7, 11) is -3.52. The van der Waals surface area contributed by atoms with Crippen LogP contribution in [0.15, 0.2) is 47.5 Å². The number of pyridine rings is 1. The van der Waals surface area contributed by atoms with Crippen LogP contribution >= 0.6 is 0 Å². The molecule has 1 saturated heterocycles. The van der Waals surface area contributed by atoms with E-state index in [9.17, 15) is 8.42 Å². The standard InChI is InChI=1S/C22H29N3O2S/c1-17-11-13-19(14-12-17)28(26,27)25-16-6-10-21(25)20-9-5-15-23-22(20)24-18-7-3-2-4-8-18/h5,9,11-15,18,21H,2-4,6-8,10,16H2,1H3,(H,23,24)/t21-/m1/s1. The van der Waals surface area contributed by atoms with Crippen LogP contribution in [-0.2, 0) is 10.0 Å². The molecule has 1 atom stereocenters. The highest BCUT2D eigenvalue weighted by atomic mass is 32.2. The second-order valence-corrected chi connectivity index (χ2v) is 9.90. The summed E-state index contributed by atoms with van der Waals surface area (Å²) in [6.45, 7) is 2.52. The number of sulfonamides is 1. The number of hydrogen-bond acceptors (Lipinski definition) is 4. The normalized spacial score (nSPS) is 21.7. The fourth-order valence-electron chi connectivity index (χ4n) is 4.43. The molecule has 2 heterocycles. The highest BCUT2D eigenvalue weighted by molar-refractivity contribution is 7.89. The predicted octanol–water partition coefficient (Wildman–Crippen LogP) is 4.66. The number of aryl methyl sites for hydroxylation is 1. The van der Waals surface area contributed by atoms with E-state index in [1.165, 1.54) is 19.3 Å². The molecule has 2 aliphatic rings. The van der Waals surface area contributed by atoms with Gasteiger partial charge in [0.1, 0.15) is 5.82 Å². The molecule has 4 rings (SSSR count). The van der Waals surface area contributed by atoms with Gasteiger partial charge in [-0.3, -0.25) is 0 Å². The Morgan fingerprint density at radius 1 is 1.00 bits per heavy atom. The van der Waals surface area contributed by atoms with Gasteiger partial charge in [0, 0.05) is 24.3 Å². The molecule has 1 aromatic heterocycles. The maximum atomic E-state index is 13.3. The molecule has 1 N–H and O–H groups in total. The number of nitrogens with one attached hydrogen (secondary N) is 1. The Bertz CT molecular complexity index is 906. The minimum absolute atomic E-state index is 0.161. The predicted molar refractivity (Wildman–Crippen MR) is 112 cm³/mol. The lowest BCUT2D eigenvalue weighted by Gasteiger charge is -2.28. The van der Waals surface area contributed by atoms with E-state index in [-0.39, 0.29) is 6.04 Å². The lowest BCUT2D eigenvalue weighted by Crippen LogP contribution is -2.32. The molecule has 28 heavy (non-hydrogen) atoms. The zero-order valence-electron chi connectivity index (χ0n) is 16.5. The van der Waals surface area contributed by atoms with Crippen molar-refractivity contribution < 1.29 is 8.42 Å². The van der Waals surface area contributed by atoms with E-state index in [0.29, 0.717) is 17.5 Å². The fourth-order valence-corrected chi connectivity index (χ4v) is 6.11. The number of hydrogen-bond donors (Lipinski definition) is 1. The van der Waals surface area contributed by atoms with Crippen LogP contribution in [0, 0.1) is 6.92 Å². The van der Waals surface area contributed by atoms with Crippen LogP contribution in [0.3, 0.4) is 0 Å². The van der Waals surface area contributed by atoms with Crippen molar-refractivity contribution in [1.82, 2.24) is 9.29 Å². The summed E-state index contributed by atoms with van der Waals surface area (Å²) in [4.78, 5) is 4.96. The smallest absolute Gasteiger partial charge is 0.243 e. The Kier molecular flexibility index (Phi) is 5.69. The van der Waals surface area contributed by atoms with Gasteiger partial charge in [-0.2, -0.15) is 4.31 Å². The molecule has 1 aliphatic heterocycles. The average Bonchev–Trinajstić information content (AvgIpc) is 3.20. The summed E-state index contributed by atoms with van der Waals surface area (Å²) in [6, 6.07) is 11.4. The highest BCUT2D eigenvalue weighted by Crippen LogP contribution is 2.39. The van der Waals surface area contributed by atoms with Crippen molar-refractivity contribution in [2.45, 2.75) is 68.8 Å². The van der Waals surface area contributed by atoms with Crippen LogP contribution in [0.1, 0.15) is 62.1 Å². The molecule has 0 amide bonds. The molecule has 0 bridgehead atoms. The second kappa shape index (κ2) is 8.21.